The number of carbonyl (C=O) groups excluding carboxylic acids is 2. The normalized spacial score (nSPS) is 16.7. The number of hydrogen-bond acceptors (Lipinski definition) is 9. The summed E-state index contributed by atoms with van der Waals surface area (Å²) in [5.41, 5.74) is 3.22. The quantitative estimate of drug-likeness (QED) is 0.508. The first-order chi connectivity index (χ1) is 17.5. The number of nitrogens with zero attached hydrogens (tertiary/aromatic N) is 3. The zero-order valence-electron chi connectivity index (χ0n) is 20.6. The van der Waals surface area contributed by atoms with Crippen molar-refractivity contribution < 1.29 is 23.8 Å². The van der Waals surface area contributed by atoms with Crippen molar-refractivity contribution in [2.45, 2.75) is 32.4 Å². The van der Waals surface area contributed by atoms with Gasteiger partial charge in [-0.1, -0.05) is 36.9 Å². The van der Waals surface area contributed by atoms with Gasteiger partial charge in [0.25, 0.3) is 0 Å². The van der Waals surface area contributed by atoms with Gasteiger partial charge in [-0.2, -0.15) is 0 Å². The van der Waals surface area contributed by atoms with Crippen LogP contribution in [0.2, 0.25) is 0 Å². The van der Waals surface area contributed by atoms with E-state index in [1.165, 1.54) is 18.9 Å². The molecule has 0 saturated heterocycles. The van der Waals surface area contributed by atoms with Gasteiger partial charge >= 0.3 is 5.97 Å². The van der Waals surface area contributed by atoms with Gasteiger partial charge in [-0.25, -0.2) is 9.79 Å². The predicted molar refractivity (Wildman–Crippen MR) is 137 cm³/mol. The van der Waals surface area contributed by atoms with Crippen LogP contribution in [0.3, 0.4) is 0 Å². The van der Waals surface area contributed by atoms with Crippen LogP contribution in [0.25, 0.3) is 0 Å². The number of amides is 1. The zero-order valence-corrected chi connectivity index (χ0v) is 21.4. The second-order valence-electron chi connectivity index (χ2n) is 7.96. The number of hydrogen-bond donors (Lipinski definition) is 1. The molecule has 3 heterocycles. The minimum atomic E-state index is -0.616. The third kappa shape index (κ3) is 4.94. The molecule has 0 aliphatic carbocycles. The summed E-state index contributed by atoms with van der Waals surface area (Å²) in [7, 11) is 4.47. The molecule has 0 saturated carbocycles. The lowest BCUT2D eigenvalue weighted by Gasteiger charge is -2.37. The molecule has 10 heteroatoms. The van der Waals surface area contributed by atoms with Gasteiger partial charge in [0.2, 0.25) is 5.91 Å². The predicted octanol–water partition coefficient (Wildman–Crippen LogP) is 3.94. The van der Waals surface area contributed by atoms with Crippen molar-refractivity contribution in [2.75, 3.05) is 21.3 Å². The van der Waals surface area contributed by atoms with Crippen molar-refractivity contribution in [3.05, 3.63) is 76.2 Å². The van der Waals surface area contributed by atoms with Crippen LogP contribution in [0.5, 0.6) is 11.5 Å². The van der Waals surface area contributed by atoms with Crippen LogP contribution in [-0.4, -0.2) is 48.3 Å². The first-order valence-electron chi connectivity index (χ1n) is 11.4. The third-order valence-electron chi connectivity index (χ3n) is 5.89. The number of rotatable bonds is 9. The maximum Gasteiger partial charge on any atom is 0.338 e. The number of benzene rings is 1. The van der Waals surface area contributed by atoms with E-state index >= 15 is 0 Å². The number of aliphatic imine (C=N–C) groups is 1. The smallest absolute Gasteiger partial charge is 0.338 e. The molecule has 0 radical (unpaired) electrons. The highest BCUT2D eigenvalue weighted by molar-refractivity contribution is 8.16. The van der Waals surface area contributed by atoms with Gasteiger partial charge in [-0.3, -0.25) is 9.78 Å². The number of allylic oxidation sites excluding steroid dienone is 1. The number of para-hydroxylation sites is 1. The highest BCUT2D eigenvalue weighted by Crippen LogP contribution is 2.49. The van der Waals surface area contributed by atoms with E-state index in [1.54, 1.807) is 26.5 Å². The fourth-order valence-corrected chi connectivity index (χ4v) is 5.19. The number of aromatic nitrogens is 1. The molecule has 0 fully saturated rings. The molecule has 0 unspecified atom stereocenters. The molecular weight excluding hydrogens is 480 g/mol. The van der Waals surface area contributed by atoms with Gasteiger partial charge < -0.3 is 24.4 Å². The summed E-state index contributed by atoms with van der Waals surface area (Å²) in [6.45, 7) is 2.26. The fraction of sp³-hybridized carbons (Fsp3) is 0.308. The number of fused-ring (bicyclic) bond motifs is 1. The van der Waals surface area contributed by atoms with Crippen molar-refractivity contribution in [1.29, 1.82) is 0 Å². The van der Waals surface area contributed by atoms with Crippen LogP contribution >= 0.6 is 11.8 Å². The van der Waals surface area contributed by atoms with Gasteiger partial charge in [-0.05, 0) is 30.0 Å². The Kier molecular flexibility index (Phi) is 7.94. The van der Waals surface area contributed by atoms with E-state index in [0.29, 0.717) is 52.2 Å². The first-order valence-corrected chi connectivity index (χ1v) is 12.3. The molecule has 1 N–H and O–H groups in total. The van der Waals surface area contributed by atoms with E-state index in [9.17, 15) is 9.59 Å². The van der Waals surface area contributed by atoms with Crippen molar-refractivity contribution in [3.63, 3.8) is 0 Å². The second kappa shape index (κ2) is 11.3. The molecule has 36 heavy (non-hydrogen) atoms. The average Bonchev–Trinajstić information content (AvgIpc) is 3.32. The lowest BCUT2D eigenvalue weighted by molar-refractivity contribution is -0.136. The largest absolute Gasteiger partial charge is 0.493 e. The second-order valence-corrected chi connectivity index (χ2v) is 8.79. The molecule has 1 aromatic carbocycles. The molecule has 1 amide bonds. The summed E-state index contributed by atoms with van der Waals surface area (Å²) >= 11 is 1.42. The summed E-state index contributed by atoms with van der Waals surface area (Å²) in [5, 5.41) is 5.49. The maximum absolute atomic E-state index is 13.1. The topological polar surface area (TPSA) is 102 Å². The van der Waals surface area contributed by atoms with Crippen molar-refractivity contribution in [2.24, 2.45) is 4.99 Å². The maximum atomic E-state index is 13.1. The fourth-order valence-electron chi connectivity index (χ4n) is 4.25. The Labute approximate surface area is 214 Å². The van der Waals surface area contributed by atoms with E-state index in [2.05, 4.69) is 10.3 Å². The van der Waals surface area contributed by atoms with Crippen LogP contribution in [0, 0.1) is 0 Å². The number of methoxy groups -OCH3 is 3. The van der Waals surface area contributed by atoms with Crippen LogP contribution in [0.4, 0.5) is 0 Å². The Hall–Kier alpha value is -3.79. The number of pyridine rings is 1. The summed E-state index contributed by atoms with van der Waals surface area (Å²) in [4.78, 5) is 36.9. The Bertz CT molecular complexity index is 1240. The molecule has 2 aliphatic rings. The summed E-state index contributed by atoms with van der Waals surface area (Å²) in [6.07, 6.45) is 2.31. The van der Waals surface area contributed by atoms with E-state index in [-0.39, 0.29) is 12.3 Å². The number of nitrogens with one attached hydrogen (secondary N) is 1. The van der Waals surface area contributed by atoms with Crippen LogP contribution in [-0.2, 0) is 20.9 Å². The Balaban J connectivity index is 1.71. The highest BCUT2D eigenvalue weighted by Gasteiger charge is 2.43. The van der Waals surface area contributed by atoms with Gasteiger partial charge in [0.1, 0.15) is 0 Å². The molecule has 2 aromatic rings. The van der Waals surface area contributed by atoms with E-state index in [0.717, 1.165) is 5.69 Å². The minimum absolute atomic E-state index is 0.0948. The summed E-state index contributed by atoms with van der Waals surface area (Å²) in [6, 6.07) is 10.5. The first kappa shape index (κ1) is 25.3. The SMILES string of the molecule is CCC1=C(C(=O)OC)[C@H](c2cccc(OC)c2OC)N2C(CC(=O)NCc3ccccn3)=CSC2=N1. The Morgan fingerprint density at radius 3 is 2.61 bits per heavy atom. The molecule has 2 aliphatic heterocycles. The van der Waals surface area contributed by atoms with Crippen molar-refractivity contribution >= 4 is 28.8 Å². The number of ether oxygens (including phenoxy) is 3. The van der Waals surface area contributed by atoms with Crippen molar-refractivity contribution in [1.82, 2.24) is 15.2 Å². The lowest BCUT2D eigenvalue weighted by Crippen LogP contribution is -2.38. The number of carbonyl (C=O) groups is 2. The summed E-state index contributed by atoms with van der Waals surface area (Å²) in [5.74, 6) is 0.376. The summed E-state index contributed by atoms with van der Waals surface area (Å²) < 4.78 is 16.4. The molecule has 188 valence electrons. The molecular formula is C26H28N4O5S. The van der Waals surface area contributed by atoms with Crippen LogP contribution in [0.1, 0.15) is 37.1 Å². The van der Waals surface area contributed by atoms with Crippen molar-refractivity contribution in [3.8, 4) is 11.5 Å². The molecule has 9 nitrogen and oxygen atoms in total. The van der Waals surface area contributed by atoms with Gasteiger partial charge in [-0.15, -0.1) is 0 Å². The van der Waals surface area contributed by atoms with Gasteiger partial charge in [0, 0.05) is 17.5 Å². The Morgan fingerprint density at radius 1 is 1.11 bits per heavy atom. The molecule has 1 atom stereocenters. The van der Waals surface area contributed by atoms with Crippen LogP contribution < -0.4 is 14.8 Å². The third-order valence-corrected chi connectivity index (χ3v) is 6.78. The molecule has 0 bridgehead atoms. The van der Waals surface area contributed by atoms with Gasteiger partial charge in [0.15, 0.2) is 16.7 Å². The average molecular weight is 509 g/mol. The highest BCUT2D eigenvalue weighted by atomic mass is 32.2. The molecule has 4 rings (SSSR count). The zero-order chi connectivity index (χ0) is 25.7. The lowest BCUT2D eigenvalue weighted by atomic mass is 9.92. The number of esters is 1. The van der Waals surface area contributed by atoms with Crippen LogP contribution in [0.15, 0.2) is 70.0 Å². The van der Waals surface area contributed by atoms with E-state index in [1.807, 2.05) is 47.6 Å². The molecule has 1 aromatic heterocycles. The van der Waals surface area contributed by atoms with E-state index in [4.69, 9.17) is 19.2 Å². The number of thioether (sulfide) groups is 1. The van der Waals surface area contributed by atoms with Gasteiger partial charge in [0.05, 0.1) is 57.3 Å². The monoisotopic (exact) mass is 508 g/mol. The van der Waals surface area contributed by atoms with E-state index < -0.39 is 12.0 Å². The standard InChI is InChI=1S/C26H28N4O5S/c1-5-19-22(25(32)35-4)23(18-10-8-11-20(33-2)24(18)34-3)30-17(15-36-26(30)29-19)13-21(31)28-14-16-9-6-7-12-27-16/h6-12,15,23H,5,13-14H2,1-4H3,(H,28,31)/t23-/m0/s1. The Morgan fingerprint density at radius 2 is 1.94 bits per heavy atom. The minimum Gasteiger partial charge on any atom is -0.493 e. The number of amidine groups is 1. The molecule has 0 spiro atoms.